The van der Waals surface area contributed by atoms with Crippen molar-refractivity contribution in [3.63, 3.8) is 0 Å². The van der Waals surface area contributed by atoms with Crippen molar-refractivity contribution in [3.05, 3.63) is 30.1 Å². The summed E-state index contributed by atoms with van der Waals surface area (Å²) in [7, 11) is 0. The van der Waals surface area contributed by atoms with Crippen LogP contribution in [0.4, 0.5) is 0 Å². The van der Waals surface area contributed by atoms with Crippen molar-refractivity contribution < 1.29 is 10.2 Å². The SMILES string of the molecule is OCCCC(O)c1ccc2nc[nH]c2c1. The summed E-state index contributed by atoms with van der Waals surface area (Å²) in [5.41, 5.74) is 2.68. The first-order valence-corrected chi connectivity index (χ1v) is 5.03. The van der Waals surface area contributed by atoms with Crippen molar-refractivity contribution in [1.29, 1.82) is 0 Å². The molecule has 0 spiro atoms. The van der Waals surface area contributed by atoms with Crippen LogP contribution in [0.2, 0.25) is 0 Å². The number of nitrogens with zero attached hydrogens (tertiary/aromatic N) is 1. The number of benzene rings is 1. The molecule has 0 aliphatic heterocycles. The maximum absolute atomic E-state index is 9.80. The van der Waals surface area contributed by atoms with Crippen LogP contribution in [0.25, 0.3) is 11.0 Å². The highest BCUT2D eigenvalue weighted by Gasteiger charge is 2.08. The first kappa shape index (κ1) is 10.1. The van der Waals surface area contributed by atoms with E-state index in [0.717, 1.165) is 16.6 Å². The van der Waals surface area contributed by atoms with Gasteiger partial charge in [0.2, 0.25) is 0 Å². The molecule has 0 radical (unpaired) electrons. The minimum atomic E-state index is -0.509. The largest absolute Gasteiger partial charge is 0.396 e. The van der Waals surface area contributed by atoms with Crippen LogP contribution in [0.1, 0.15) is 24.5 Å². The predicted molar refractivity (Wildman–Crippen MR) is 57.4 cm³/mol. The van der Waals surface area contributed by atoms with Crippen molar-refractivity contribution in [1.82, 2.24) is 9.97 Å². The van der Waals surface area contributed by atoms with Gasteiger partial charge in [0.1, 0.15) is 0 Å². The lowest BCUT2D eigenvalue weighted by atomic mass is 10.0. The molecule has 1 aromatic heterocycles. The van der Waals surface area contributed by atoms with E-state index in [9.17, 15) is 5.11 Å². The number of imidazole rings is 1. The fourth-order valence-electron chi connectivity index (χ4n) is 1.61. The normalized spacial score (nSPS) is 13.2. The molecule has 4 heteroatoms. The number of aromatic amines is 1. The van der Waals surface area contributed by atoms with Gasteiger partial charge in [-0.3, -0.25) is 0 Å². The van der Waals surface area contributed by atoms with E-state index in [1.54, 1.807) is 6.33 Å². The van der Waals surface area contributed by atoms with Gasteiger partial charge < -0.3 is 15.2 Å². The molecule has 15 heavy (non-hydrogen) atoms. The molecule has 1 unspecified atom stereocenters. The second kappa shape index (κ2) is 4.42. The number of fused-ring (bicyclic) bond motifs is 1. The number of aliphatic hydroxyl groups is 2. The Morgan fingerprint density at radius 2 is 2.27 bits per heavy atom. The van der Waals surface area contributed by atoms with Gasteiger partial charge in [0.05, 0.1) is 23.5 Å². The fourth-order valence-corrected chi connectivity index (χ4v) is 1.61. The standard InChI is InChI=1S/C11H14N2O2/c14-5-1-2-11(15)8-3-4-9-10(6-8)13-7-12-9/h3-4,6-7,11,14-15H,1-2,5H2,(H,12,13). The molecule has 0 fully saturated rings. The van der Waals surface area contributed by atoms with Crippen LogP contribution >= 0.6 is 0 Å². The average Bonchev–Trinajstić information content (AvgIpc) is 2.72. The van der Waals surface area contributed by atoms with Gasteiger partial charge in [0, 0.05) is 6.61 Å². The highest BCUT2D eigenvalue weighted by molar-refractivity contribution is 5.75. The summed E-state index contributed by atoms with van der Waals surface area (Å²) in [5.74, 6) is 0. The molecular formula is C11H14N2O2. The topological polar surface area (TPSA) is 69.1 Å². The summed E-state index contributed by atoms with van der Waals surface area (Å²) in [6.07, 6.45) is 2.32. The number of nitrogens with one attached hydrogen (secondary N) is 1. The summed E-state index contributed by atoms with van der Waals surface area (Å²) in [5, 5.41) is 18.5. The average molecular weight is 206 g/mol. The van der Waals surface area contributed by atoms with Crippen molar-refractivity contribution in [2.45, 2.75) is 18.9 Å². The fraction of sp³-hybridized carbons (Fsp3) is 0.364. The Morgan fingerprint density at radius 1 is 1.40 bits per heavy atom. The van der Waals surface area contributed by atoms with Crippen LogP contribution < -0.4 is 0 Å². The molecule has 0 aliphatic carbocycles. The highest BCUT2D eigenvalue weighted by atomic mass is 16.3. The molecule has 0 aliphatic rings. The van der Waals surface area contributed by atoms with Gasteiger partial charge >= 0.3 is 0 Å². The van der Waals surface area contributed by atoms with Gasteiger partial charge in [-0.1, -0.05) is 6.07 Å². The van der Waals surface area contributed by atoms with E-state index in [2.05, 4.69) is 9.97 Å². The van der Waals surface area contributed by atoms with Gasteiger partial charge in [0.25, 0.3) is 0 Å². The molecule has 80 valence electrons. The van der Waals surface area contributed by atoms with Crippen LogP contribution in [-0.2, 0) is 0 Å². The van der Waals surface area contributed by atoms with E-state index in [1.807, 2.05) is 18.2 Å². The summed E-state index contributed by atoms with van der Waals surface area (Å²) in [6.45, 7) is 0.114. The van der Waals surface area contributed by atoms with Crippen LogP contribution in [-0.4, -0.2) is 26.8 Å². The first-order valence-electron chi connectivity index (χ1n) is 5.03. The number of hydrogen-bond acceptors (Lipinski definition) is 3. The summed E-state index contributed by atoms with van der Waals surface area (Å²) < 4.78 is 0. The number of aromatic nitrogens is 2. The van der Waals surface area contributed by atoms with E-state index in [4.69, 9.17) is 5.11 Å². The van der Waals surface area contributed by atoms with Crippen LogP contribution in [0.15, 0.2) is 24.5 Å². The van der Waals surface area contributed by atoms with E-state index >= 15 is 0 Å². The number of aliphatic hydroxyl groups excluding tert-OH is 2. The molecule has 0 amide bonds. The Hall–Kier alpha value is -1.39. The summed E-state index contributed by atoms with van der Waals surface area (Å²) in [4.78, 5) is 7.10. The smallest absolute Gasteiger partial charge is 0.0931 e. The van der Waals surface area contributed by atoms with Gasteiger partial charge in [-0.15, -0.1) is 0 Å². The lowest BCUT2D eigenvalue weighted by Gasteiger charge is -2.09. The molecule has 0 bridgehead atoms. The number of hydrogen-bond donors (Lipinski definition) is 3. The zero-order valence-electron chi connectivity index (χ0n) is 8.35. The van der Waals surface area contributed by atoms with Crippen molar-refractivity contribution in [2.75, 3.05) is 6.61 Å². The van der Waals surface area contributed by atoms with Crippen LogP contribution in [0.5, 0.6) is 0 Å². The molecule has 2 aromatic rings. The molecule has 0 saturated heterocycles. The number of rotatable bonds is 4. The predicted octanol–water partition coefficient (Wildman–Crippen LogP) is 1.37. The zero-order valence-corrected chi connectivity index (χ0v) is 8.35. The molecule has 0 saturated carbocycles. The Balaban J connectivity index is 2.19. The number of H-pyrrole nitrogens is 1. The van der Waals surface area contributed by atoms with E-state index in [1.165, 1.54) is 0 Å². The van der Waals surface area contributed by atoms with Crippen LogP contribution in [0.3, 0.4) is 0 Å². The highest BCUT2D eigenvalue weighted by Crippen LogP contribution is 2.21. The Morgan fingerprint density at radius 3 is 3.07 bits per heavy atom. The van der Waals surface area contributed by atoms with Crippen molar-refractivity contribution in [3.8, 4) is 0 Å². The second-order valence-electron chi connectivity index (χ2n) is 3.56. The Bertz CT molecular complexity index is 439. The summed E-state index contributed by atoms with van der Waals surface area (Å²) >= 11 is 0. The van der Waals surface area contributed by atoms with Crippen molar-refractivity contribution >= 4 is 11.0 Å². The van der Waals surface area contributed by atoms with E-state index < -0.39 is 6.10 Å². The van der Waals surface area contributed by atoms with Gasteiger partial charge in [-0.25, -0.2) is 4.98 Å². The molecule has 4 nitrogen and oxygen atoms in total. The Labute approximate surface area is 87.6 Å². The van der Waals surface area contributed by atoms with E-state index in [0.29, 0.717) is 12.8 Å². The van der Waals surface area contributed by atoms with Crippen LogP contribution in [0, 0.1) is 0 Å². The minimum Gasteiger partial charge on any atom is -0.396 e. The van der Waals surface area contributed by atoms with E-state index in [-0.39, 0.29) is 6.61 Å². The molecule has 3 N–H and O–H groups in total. The first-order chi connectivity index (χ1) is 7.31. The Kier molecular flexibility index (Phi) is 2.99. The molecule has 2 rings (SSSR count). The van der Waals surface area contributed by atoms with Gasteiger partial charge in [-0.2, -0.15) is 0 Å². The third-order valence-corrected chi connectivity index (χ3v) is 2.46. The third kappa shape index (κ3) is 2.16. The quantitative estimate of drug-likeness (QED) is 0.707. The van der Waals surface area contributed by atoms with Crippen molar-refractivity contribution in [2.24, 2.45) is 0 Å². The molecule has 1 heterocycles. The maximum atomic E-state index is 9.80. The molecular weight excluding hydrogens is 192 g/mol. The lowest BCUT2D eigenvalue weighted by molar-refractivity contribution is 0.152. The summed E-state index contributed by atoms with van der Waals surface area (Å²) in [6, 6.07) is 5.64. The molecule has 1 aromatic carbocycles. The third-order valence-electron chi connectivity index (χ3n) is 2.46. The van der Waals surface area contributed by atoms with Gasteiger partial charge in [0.15, 0.2) is 0 Å². The monoisotopic (exact) mass is 206 g/mol. The lowest BCUT2D eigenvalue weighted by Crippen LogP contribution is -1.98. The maximum Gasteiger partial charge on any atom is 0.0931 e. The molecule has 1 atom stereocenters. The minimum absolute atomic E-state index is 0.114. The zero-order chi connectivity index (χ0) is 10.7. The second-order valence-corrected chi connectivity index (χ2v) is 3.56. The van der Waals surface area contributed by atoms with Gasteiger partial charge in [-0.05, 0) is 30.5 Å².